The fourth-order valence-electron chi connectivity index (χ4n) is 7.62. The van der Waals surface area contributed by atoms with E-state index in [2.05, 4.69) is 41.9 Å². The maximum absolute atomic E-state index is 14.6. The molecule has 2 aliphatic carbocycles. The van der Waals surface area contributed by atoms with Crippen LogP contribution < -0.4 is 20.1 Å². The first kappa shape index (κ1) is 38.9. The Hall–Kier alpha value is -5.32. The zero-order valence-corrected chi connectivity index (χ0v) is 32.1. The summed E-state index contributed by atoms with van der Waals surface area (Å²) in [6, 6.07) is 3.20. The predicted molar refractivity (Wildman–Crippen MR) is 202 cm³/mol. The van der Waals surface area contributed by atoms with E-state index >= 15 is 0 Å². The Morgan fingerprint density at radius 1 is 1.12 bits per heavy atom. The number of aryl methyl sites for hydroxylation is 1. The molecule has 0 radical (unpaired) electrons. The molecule has 17 heteroatoms. The number of nitrogens with zero attached hydrogens (tertiary/aromatic N) is 5. The fraction of sp³-hybridized carbons (Fsp3) is 0.487. The van der Waals surface area contributed by atoms with Gasteiger partial charge in [-0.3, -0.25) is 23.9 Å². The molecule has 7 rings (SSSR count). The first-order valence-electron chi connectivity index (χ1n) is 19.0. The van der Waals surface area contributed by atoms with Gasteiger partial charge in [0.15, 0.2) is 0 Å². The SMILES string of the molecule is C=C1CC2(C(=O)NS(=O)(=O)C3(C)CC3)NC(=O)C3CC(Oc4nc5cc(F)ccc5nc4CC)CN3C(=O)C(NC(=O)c3ccncn3)CCCCCC=CC12. The summed E-state index contributed by atoms with van der Waals surface area (Å²) in [7, 11) is -4.07. The zero-order valence-electron chi connectivity index (χ0n) is 31.3. The number of amides is 4. The molecule has 3 aromatic rings. The van der Waals surface area contributed by atoms with E-state index in [0.717, 1.165) is 6.42 Å². The molecule has 0 bridgehead atoms. The minimum Gasteiger partial charge on any atom is -0.471 e. The molecule has 296 valence electrons. The Bertz CT molecular complexity index is 2220. The molecular formula is C39H45FN8O7S. The highest BCUT2D eigenvalue weighted by molar-refractivity contribution is 7.91. The number of hydrogen-bond donors (Lipinski definition) is 3. The number of nitrogens with one attached hydrogen (secondary N) is 3. The molecule has 56 heavy (non-hydrogen) atoms. The van der Waals surface area contributed by atoms with Gasteiger partial charge in [0.2, 0.25) is 27.7 Å². The lowest BCUT2D eigenvalue weighted by Crippen LogP contribution is -2.71. The highest BCUT2D eigenvalue weighted by atomic mass is 32.2. The van der Waals surface area contributed by atoms with Crippen molar-refractivity contribution in [3.63, 3.8) is 0 Å². The van der Waals surface area contributed by atoms with Crippen molar-refractivity contribution < 1.29 is 36.7 Å². The topological polar surface area (TPSA) is 203 Å². The molecule has 2 aliphatic heterocycles. The van der Waals surface area contributed by atoms with Crippen molar-refractivity contribution in [3.05, 3.63) is 78.3 Å². The summed E-state index contributed by atoms with van der Waals surface area (Å²) in [5.74, 6) is -3.83. The number of fused-ring (bicyclic) bond motifs is 3. The van der Waals surface area contributed by atoms with Crippen molar-refractivity contribution in [2.75, 3.05) is 6.54 Å². The van der Waals surface area contributed by atoms with Crippen LogP contribution in [0.25, 0.3) is 11.0 Å². The number of sulfonamides is 1. The molecule has 4 amide bonds. The van der Waals surface area contributed by atoms with Crippen molar-refractivity contribution >= 4 is 44.7 Å². The maximum atomic E-state index is 14.6. The van der Waals surface area contributed by atoms with Gasteiger partial charge in [0.25, 0.3) is 11.8 Å². The Labute approximate surface area is 324 Å². The van der Waals surface area contributed by atoms with E-state index in [9.17, 15) is 32.0 Å². The van der Waals surface area contributed by atoms with Crippen molar-refractivity contribution in [2.45, 2.75) is 107 Å². The molecule has 1 aromatic carbocycles. The molecule has 0 spiro atoms. The first-order chi connectivity index (χ1) is 26.7. The van der Waals surface area contributed by atoms with Crippen molar-refractivity contribution in [1.29, 1.82) is 0 Å². The van der Waals surface area contributed by atoms with Gasteiger partial charge in [0.1, 0.15) is 47.3 Å². The molecule has 5 atom stereocenters. The molecule has 2 saturated carbocycles. The second-order valence-corrected chi connectivity index (χ2v) is 17.5. The van der Waals surface area contributed by atoms with E-state index in [4.69, 9.17) is 4.74 Å². The van der Waals surface area contributed by atoms with Gasteiger partial charge >= 0.3 is 0 Å². The summed E-state index contributed by atoms with van der Waals surface area (Å²) >= 11 is 0. The van der Waals surface area contributed by atoms with Crippen LogP contribution in [-0.4, -0.2) is 91.9 Å². The summed E-state index contributed by atoms with van der Waals surface area (Å²) in [4.78, 5) is 75.1. The summed E-state index contributed by atoms with van der Waals surface area (Å²) in [6.45, 7) is 7.43. The van der Waals surface area contributed by atoms with Gasteiger partial charge in [-0.2, -0.15) is 0 Å². The zero-order chi connectivity index (χ0) is 39.8. The van der Waals surface area contributed by atoms with Gasteiger partial charge < -0.3 is 20.3 Å². The van der Waals surface area contributed by atoms with Crippen LogP contribution in [0.5, 0.6) is 5.88 Å². The van der Waals surface area contributed by atoms with Crippen LogP contribution in [0, 0.1) is 11.7 Å². The standard InChI is InChI=1S/C39H45FN8O7S/c1-4-27-35(45-31-18-24(40)12-13-28(31)43-27)55-25-19-32-34(50)46-39(37(52)47-56(53,54)38(3)15-16-38)20-23(2)26(39)10-8-6-5-7-9-11-30(36(51)48(32)21-25)44-33(49)29-14-17-41-22-42-29/h8,10,12-14,17-18,22,25-26,30,32H,2,4-7,9,11,15-16,19-21H2,1,3H3,(H,44,49)(H,46,50)(H,47,52). The van der Waals surface area contributed by atoms with Gasteiger partial charge in [0, 0.05) is 31.0 Å². The number of carbonyl (C=O) groups excluding carboxylic acids is 4. The first-order valence-corrected chi connectivity index (χ1v) is 20.5. The highest BCUT2D eigenvalue weighted by Gasteiger charge is 2.59. The van der Waals surface area contributed by atoms with Crippen molar-refractivity contribution in [3.8, 4) is 5.88 Å². The minimum absolute atomic E-state index is 0.0207. The quantitative estimate of drug-likeness (QED) is 0.283. The third-order valence-electron chi connectivity index (χ3n) is 11.3. The van der Waals surface area contributed by atoms with Crippen LogP contribution in [0.4, 0.5) is 4.39 Å². The van der Waals surface area contributed by atoms with Gasteiger partial charge in [-0.15, -0.1) is 0 Å². The number of benzene rings is 1. The summed E-state index contributed by atoms with van der Waals surface area (Å²) < 4.78 is 48.3. The van der Waals surface area contributed by atoms with E-state index < -0.39 is 73.9 Å². The maximum Gasteiger partial charge on any atom is 0.270 e. The summed E-state index contributed by atoms with van der Waals surface area (Å²) in [5, 5.41) is 5.69. The average Bonchev–Trinajstić information content (AvgIpc) is 3.80. The van der Waals surface area contributed by atoms with Crippen LogP contribution in [0.15, 0.2) is 61.1 Å². The van der Waals surface area contributed by atoms with E-state index in [0.29, 0.717) is 55.3 Å². The molecule has 4 aliphatic rings. The summed E-state index contributed by atoms with van der Waals surface area (Å²) in [6.07, 6.45) is 9.55. The summed E-state index contributed by atoms with van der Waals surface area (Å²) in [5.41, 5.74) is 0.215. The van der Waals surface area contributed by atoms with Crippen LogP contribution in [-0.2, 0) is 30.8 Å². The van der Waals surface area contributed by atoms with Crippen molar-refractivity contribution in [1.82, 2.24) is 40.2 Å². The Kier molecular flexibility index (Phi) is 10.6. The van der Waals surface area contributed by atoms with Crippen LogP contribution >= 0.6 is 0 Å². The van der Waals surface area contributed by atoms with E-state index in [1.807, 2.05) is 13.0 Å². The number of halogens is 1. The molecular weight excluding hydrogens is 744 g/mol. The largest absolute Gasteiger partial charge is 0.471 e. The van der Waals surface area contributed by atoms with Gasteiger partial charge in [0.05, 0.1) is 22.3 Å². The molecule has 3 N–H and O–H groups in total. The monoisotopic (exact) mass is 788 g/mol. The number of ether oxygens (including phenoxy) is 1. The molecule has 4 heterocycles. The van der Waals surface area contributed by atoms with Gasteiger partial charge in [-0.25, -0.2) is 32.7 Å². The lowest BCUT2D eigenvalue weighted by molar-refractivity contribution is -0.143. The Morgan fingerprint density at radius 2 is 1.93 bits per heavy atom. The molecule has 15 nitrogen and oxygen atoms in total. The number of carbonyl (C=O) groups is 4. The number of allylic oxidation sites excluding steroid dienone is 1. The Balaban J connectivity index is 1.24. The molecule has 1 saturated heterocycles. The lowest BCUT2D eigenvalue weighted by Gasteiger charge is -2.49. The molecule has 2 aromatic heterocycles. The third kappa shape index (κ3) is 7.60. The van der Waals surface area contributed by atoms with Crippen LogP contribution in [0.1, 0.15) is 87.8 Å². The third-order valence-corrected chi connectivity index (χ3v) is 13.5. The Morgan fingerprint density at radius 3 is 2.64 bits per heavy atom. The normalized spacial score (nSPS) is 26.5. The second kappa shape index (κ2) is 15.3. The van der Waals surface area contributed by atoms with E-state index in [-0.39, 0.29) is 42.9 Å². The number of rotatable bonds is 8. The lowest BCUT2D eigenvalue weighted by atomic mass is 9.62. The minimum atomic E-state index is -4.07. The van der Waals surface area contributed by atoms with Gasteiger partial charge in [-0.1, -0.05) is 44.1 Å². The number of aromatic nitrogens is 4. The van der Waals surface area contributed by atoms with Gasteiger partial charge in [-0.05, 0) is 63.6 Å². The second-order valence-electron chi connectivity index (χ2n) is 15.3. The van der Waals surface area contributed by atoms with Crippen LogP contribution in [0.2, 0.25) is 0 Å². The molecule has 5 unspecified atom stereocenters. The fourth-order valence-corrected chi connectivity index (χ4v) is 8.93. The average molecular weight is 789 g/mol. The van der Waals surface area contributed by atoms with E-state index in [1.54, 1.807) is 13.0 Å². The highest BCUT2D eigenvalue weighted by Crippen LogP contribution is 2.46. The number of hydrogen-bond acceptors (Lipinski definition) is 11. The van der Waals surface area contributed by atoms with E-state index in [1.165, 1.54) is 41.7 Å². The van der Waals surface area contributed by atoms with Crippen molar-refractivity contribution in [2.24, 2.45) is 5.92 Å². The smallest absolute Gasteiger partial charge is 0.270 e. The predicted octanol–water partition coefficient (Wildman–Crippen LogP) is 3.22. The van der Waals surface area contributed by atoms with Crippen LogP contribution in [0.3, 0.4) is 0 Å². The molecule has 3 fully saturated rings.